The molecular weight excluding hydrogens is 511 g/mol. The Morgan fingerprint density at radius 3 is 1.59 bits per heavy atom. The van der Waals surface area contributed by atoms with Crippen molar-refractivity contribution in [1.82, 2.24) is 9.89 Å². The Hall–Kier alpha value is -2.30. The van der Waals surface area contributed by atoms with Crippen LogP contribution in [0.15, 0.2) is 36.7 Å². The van der Waals surface area contributed by atoms with Crippen LogP contribution >= 0.6 is 7.14 Å². The highest BCUT2D eigenvalue weighted by atomic mass is 79.9. The topological polar surface area (TPSA) is 68.6 Å². The van der Waals surface area contributed by atoms with E-state index in [4.69, 9.17) is 0 Å². The summed E-state index contributed by atoms with van der Waals surface area (Å²) in [4.78, 5) is 34.0. The monoisotopic (exact) mass is 543 g/mol. The van der Waals surface area contributed by atoms with Crippen LogP contribution in [0, 0.1) is 41.5 Å². The summed E-state index contributed by atoms with van der Waals surface area (Å²) >= 11 is 0. The zero-order valence-electron chi connectivity index (χ0n) is 21.0. The first-order valence-electron chi connectivity index (χ1n) is 11.3. The van der Waals surface area contributed by atoms with E-state index in [9.17, 15) is 14.2 Å². The maximum absolute atomic E-state index is 14.5. The molecule has 0 bridgehead atoms. The number of aryl methyl sites for hydroxylation is 6. The van der Waals surface area contributed by atoms with Gasteiger partial charge in [-0.15, -0.1) is 0 Å². The van der Waals surface area contributed by atoms with Gasteiger partial charge >= 0.3 is 0 Å². The summed E-state index contributed by atoms with van der Waals surface area (Å²) in [7, 11) is -2.03. The van der Waals surface area contributed by atoms with Gasteiger partial charge in [-0.05, 0) is 70.2 Å². The van der Waals surface area contributed by atoms with Crippen LogP contribution < -0.4 is 22.0 Å². The highest BCUT2D eigenvalue weighted by molar-refractivity contribution is 7.95. The molecule has 0 saturated carbocycles. The SMILES string of the molecule is Cc1cc(C)c(C(=O)P(=O)(CCCC2=[N+]C=CN2C)C(=O)c2c(C)cc(C)cc2C)c(C)c1.[Br-]. The summed E-state index contributed by atoms with van der Waals surface area (Å²) in [6.07, 6.45) is 4.57. The van der Waals surface area contributed by atoms with Gasteiger partial charge in [0.2, 0.25) is 18.2 Å². The van der Waals surface area contributed by atoms with Gasteiger partial charge < -0.3 is 21.5 Å². The van der Waals surface area contributed by atoms with Crippen LogP contribution in [-0.2, 0) is 4.57 Å². The lowest BCUT2D eigenvalue weighted by Gasteiger charge is -2.21. The van der Waals surface area contributed by atoms with Crippen LogP contribution in [0.1, 0.15) is 66.9 Å². The number of carbonyl (C=O) groups excluding carboxylic acids is 2. The number of carbonyl (C=O) groups is 2. The van der Waals surface area contributed by atoms with Crippen molar-refractivity contribution in [2.45, 2.75) is 54.4 Å². The predicted octanol–water partition coefficient (Wildman–Crippen LogP) is 2.82. The Morgan fingerprint density at radius 2 is 1.24 bits per heavy atom. The molecule has 0 spiro atoms. The van der Waals surface area contributed by atoms with Gasteiger partial charge in [-0.2, -0.15) is 0 Å². The molecule has 0 N–H and O–H groups in total. The molecule has 1 heterocycles. The first-order valence-corrected chi connectivity index (χ1v) is 13.2. The molecule has 7 heteroatoms. The van der Waals surface area contributed by atoms with Crippen molar-refractivity contribution in [3.05, 3.63) is 81.2 Å². The number of amidine groups is 1. The molecule has 34 heavy (non-hydrogen) atoms. The van der Waals surface area contributed by atoms with Gasteiger partial charge in [0.05, 0.1) is 13.5 Å². The van der Waals surface area contributed by atoms with E-state index in [0.717, 1.165) is 39.2 Å². The van der Waals surface area contributed by atoms with Crippen LogP contribution in [-0.4, -0.2) is 35.0 Å². The summed E-state index contributed by atoms with van der Waals surface area (Å²) in [6.45, 7) is 11.3. The Kier molecular flexibility index (Phi) is 9.01. The average molecular weight is 544 g/mol. The maximum Gasteiger partial charge on any atom is 0.298 e. The van der Waals surface area contributed by atoms with Crippen molar-refractivity contribution in [2.75, 3.05) is 13.2 Å². The van der Waals surface area contributed by atoms with Gasteiger partial charge in [0, 0.05) is 17.3 Å². The van der Waals surface area contributed by atoms with Crippen LogP contribution in [0.3, 0.4) is 0 Å². The van der Waals surface area contributed by atoms with Crippen molar-refractivity contribution in [3.8, 4) is 0 Å². The standard InChI is InChI=1S/C27H33N2O3P.BrH/c1-17-13-19(3)24(20(4)14-17)26(30)33(32,12-8-9-23-28-10-11-29(23)7)27(31)25-21(5)15-18(2)16-22(25)6;/h10-11,13-16H,8-9,12H2,1-7H3;1H/q+1;/p-1. The van der Waals surface area contributed by atoms with E-state index in [0.29, 0.717) is 24.0 Å². The molecule has 0 amide bonds. The summed E-state index contributed by atoms with van der Waals surface area (Å²) in [5.41, 5.74) is 4.86. The van der Waals surface area contributed by atoms with E-state index in [-0.39, 0.29) is 23.1 Å². The van der Waals surface area contributed by atoms with Gasteiger partial charge in [-0.1, -0.05) is 40.4 Å². The Labute approximate surface area is 213 Å². The molecule has 3 rings (SSSR count). The summed E-state index contributed by atoms with van der Waals surface area (Å²) in [5.74, 6) is 0.840. The summed E-state index contributed by atoms with van der Waals surface area (Å²) in [5, 5.41) is 0. The number of hydrogen-bond donors (Lipinski definition) is 0. The second-order valence-electron chi connectivity index (χ2n) is 9.18. The number of aliphatic imine (C=N–C) groups is 1. The molecular formula is C27H33BrN2O3P. The molecule has 0 aliphatic carbocycles. The molecule has 5 nitrogen and oxygen atoms in total. The Morgan fingerprint density at radius 1 is 0.824 bits per heavy atom. The van der Waals surface area contributed by atoms with Gasteiger partial charge in [0.25, 0.3) is 5.84 Å². The number of halogens is 1. The zero-order valence-corrected chi connectivity index (χ0v) is 23.5. The molecule has 2 aromatic carbocycles. The molecule has 0 atom stereocenters. The summed E-state index contributed by atoms with van der Waals surface area (Å²) in [6, 6.07) is 7.63. The normalized spacial score (nSPS) is 13.0. The fourth-order valence-electron chi connectivity index (χ4n) is 4.79. The van der Waals surface area contributed by atoms with E-state index in [1.54, 1.807) is 6.20 Å². The molecule has 1 aliphatic rings. The molecule has 0 fully saturated rings. The number of nitrogens with zero attached hydrogens (tertiary/aromatic N) is 2. The number of benzene rings is 2. The van der Waals surface area contributed by atoms with Crippen LogP contribution in [0.5, 0.6) is 0 Å². The molecule has 0 unspecified atom stereocenters. The van der Waals surface area contributed by atoms with Gasteiger partial charge in [0.1, 0.15) is 6.20 Å². The smallest absolute Gasteiger partial charge is 0.298 e. The molecule has 1 radical (unpaired) electrons. The van der Waals surface area contributed by atoms with E-state index >= 15 is 0 Å². The van der Waals surface area contributed by atoms with Crippen LogP contribution in [0.25, 0.3) is 0 Å². The maximum atomic E-state index is 14.5. The minimum Gasteiger partial charge on any atom is -1.00 e. The second kappa shape index (κ2) is 11.0. The first-order chi connectivity index (χ1) is 15.5. The molecule has 2 aromatic rings. The fourth-order valence-corrected chi connectivity index (χ4v) is 7.41. The third-order valence-electron chi connectivity index (χ3n) is 6.23. The summed E-state index contributed by atoms with van der Waals surface area (Å²) < 4.78 is 14.5. The van der Waals surface area contributed by atoms with Crippen molar-refractivity contribution in [1.29, 1.82) is 0 Å². The second-order valence-corrected chi connectivity index (χ2v) is 11.9. The van der Waals surface area contributed by atoms with Crippen molar-refractivity contribution >= 4 is 24.0 Å². The zero-order chi connectivity index (χ0) is 24.5. The largest absolute Gasteiger partial charge is 1.00 e. The average Bonchev–Trinajstić information content (AvgIpc) is 3.10. The van der Waals surface area contributed by atoms with E-state index in [1.165, 1.54) is 0 Å². The lowest BCUT2D eigenvalue weighted by molar-refractivity contribution is -0.0000219. The molecule has 0 saturated heterocycles. The highest BCUT2D eigenvalue weighted by Gasteiger charge is 2.43. The molecule has 181 valence electrons. The number of hydrogen-bond acceptors (Lipinski definition) is 5. The highest BCUT2D eigenvalue weighted by Crippen LogP contribution is 2.54. The van der Waals surface area contributed by atoms with Gasteiger partial charge in [0.15, 0.2) is 6.20 Å². The van der Waals surface area contributed by atoms with E-state index in [2.05, 4.69) is 4.99 Å². The molecule has 0 aromatic heterocycles. The molecule has 1 aliphatic heterocycles. The first kappa shape index (κ1) is 27.9. The minimum absolute atomic E-state index is 0. The Bertz CT molecular complexity index is 1130. The van der Waals surface area contributed by atoms with Gasteiger partial charge in [-0.3, -0.25) is 9.59 Å². The lowest BCUT2D eigenvalue weighted by Crippen LogP contribution is -3.00. The van der Waals surface area contributed by atoms with Crippen LogP contribution in [0.2, 0.25) is 0 Å². The van der Waals surface area contributed by atoms with Gasteiger partial charge in [-0.25, -0.2) is 4.90 Å². The lowest BCUT2D eigenvalue weighted by atomic mass is 10.0. The number of rotatable bonds is 8. The fraction of sp³-hybridized carbons (Fsp3) is 0.370. The Balaban J connectivity index is 0.00000408. The van der Waals surface area contributed by atoms with Crippen molar-refractivity contribution in [2.24, 2.45) is 0 Å². The predicted molar refractivity (Wildman–Crippen MR) is 136 cm³/mol. The third kappa shape index (κ3) is 5.50. The van der Waals surface area contributed by atoms with E-state index in [1.807, 2.05) is 84.0 Å². The third-order valence-corrected chi connectivity index (χ3v) is 8.94. The van der Waals surface area contributed by atoms with Crippen molar-refractivity contribution < 1.29 is 31.1 Å². The van der Waals surface area contributed by atoms with Crippen LogP contribution in [0.4, 0.5) is 0 Å². The van der Waals surface area contributed by atoms with Crippen molar-refractivity contribution in [3.63, 3.8) is 0 Å². The van der Waals surface area contributed by atoms with E-state index < -0.39 is 18.2 Å². The minimum atomic E-state index is -3.93. The quantitative estimate of drug-likeness (QED) is 0.480.